The molecule has 0 bridgehead atoms. The van der Waals surface area contributed by atoms with Crippen LogP contribution in [-0.2, 0) is 16.0 Å². The minimum atomic E-state index is -0.230. The zero-order chi connectivity index (χ0) is 13.7. The van der Waals surface area contributed by atoms with Gasteiger partial charge in [-0.2, -0.15) is 0 Å². The number of nitrogens with zero attached hydrogens (tertiary/aromatic N) is 1. The highest BCUT2D eigenvalue weighted by Crippen LogP contribution is 2.22. The first-order valence-electron chi connectivity index (χ1n) is 6.55. The van der Waals surface area contributed by atoms with Crippen molar-refractivity contribution in [2.24, 2.45) is 0 Å². The Kier molecular flexibility index (Phi) is 4.82. The molecule has 0 atom stereocenters. The molecule has 4 heteroatoms. The van der Waals surface area contributed by atoms with Crippen LogP contribution in [0.25, 0.3) is 10.9 Å². The predicted octanol–water partition coefficient (Wildman–Crippen LogP) is 3.05. The molecule has 104 valence electrons. The molecule has 0 saturated heterocycles. The number of methoxy groups -OCH3 is 2. The molecule has 0 fully saturated rings. The Hall–Kier alpha value is -1.52. The molecule has 19 heavy (non-hydrogen) atoms. The first kappa shape index (κ1) is 13.9. The fraction of sp³-hybridized carbons (Fsp3) is 0.467. The lowest BCUT2D eigenvalue weighted by Gasteiger charge is -2.15. The molecule has 0 N–H and O–H groups in total. The molecule has 0 unspecified atom stereocenters. The Labute approximate surface area is 113 Å². The summed E-state index contributed by atoms with van der Waals surface area (Å²) in [6.45, 7) is 3.53. The minimum absolute atomic E-state index is 0.230. The van der Waals surface area contributed by atoms with E-state index in [-0.39, 0.29) is 6.29 Å². The van der Waals surface area contributed by atoms with Crippen LogP contribution >= 0.6 is 0 Å². The smallest absolute Gasteiger partial charge is 0.174 e. The van der Waals surface area contributed by atoms with Crippen LogP contribution in [0.5, 0.6) is 5.75 Å². The lowest BCUT2D eigenvalue weighted by molar-refractivity contribution is -0.110. The molecule has 0 spiro atoms. The Morgan fingerprint density at radius 1 is 1.16 bits per heavy atom. The molecule has 4 nitrogen and oxygen atoms in total. The van der Waals surface area contributed by atoms with E-state index in [9.17, 15) is 0 Å². The van der Waals surface area contributed by atoms with Crippen molar-refractivity contribution in [2.45, 2.75) is 26.2 Å². The van der Waals surface area contributed by atoms with E-state index >= 15 is 0 Å². The first-order valence-corrected chi connectivity index (χ1v) is 6.55. The highest BCUT2D eigenvalue weighted by Gasteiger charge is 2.09. The number of rotatable bonds is 7. The topological polar surface area (TPSA) is 32.6 Å². The maximum absolute atomic E-state index is 5.64. The number of hydrogen-bond acceptors (Lipinski definition) is 3. The highest BCUT2D eigenvalue weighted by atomic mass is 16.7. The first-order chi connectivity index (χ1) is 9.28. The van der Waals surface area contributed by atoms with Crippen LogP contribution in [0.2, 0.25) is 0 Å². The van der Waals surface area contributed by atoms with Gasteiger partial charge in [0, 0.05) is 31.3 Å². The summed E-state index contributed by atoms with van der Waals surface area (Å²) in [6, 6.07) is 8.22. The molecular formula is C15H21NO3. The van der Waals surface area contributed by atoms with Crippen LogP contribution in [-0.4, -0.2) is 31.7 Å². The number of benzene rings is 1. The van der Waals surface area contributed by atoms with Gasteiger partial charge in [-0.1, -0.05) is 6.92 Å². The van der Waals surface area contributed by atoms with Gasteiger partial charge in [-0.05, 0) is 30.7 Å². The van der Waals surface area contributed by atoms with Crippen LogP contribution < -0.4 is 4.74 Å². The summed E-state index contributed by atoms with van der Waals surface area (Å²) in [6.07, 6.45) is 2.83. The maximum atomic E-state index is 5.64. The molecule has 0 amide bonds. The fourth-order valence-electron chi connectivity index (χ4n) is 2.05. The Bertz CT molecular complexity index is 517. The van der Waals surface area contributed by atoms with E-state index in [4.69, 9.17) is 14.2 Å². The number of ether oxygens (including phenoxy) is 3. The fourth-order valence-corrected chi connectivity index (χ4v) is 2.05. The molecule has 0 saturated carbocycles. The SMILES string of the molecule is CCCOc1ccc2c(ccn2CC(OC)OC)c1. The van der Waals surface area contributed by atoms with Crippen LogP contribution in [0.1, 0.15) is 13.3 Å². The summed E-state index contributed by atoms with van der Waals surface area (Å²) in [5, 5.41) is 1.17. The van der Waals surface area contributed by atoms with Crippen molar-refractivity contribution in [1.82, 2.24) is 4.57 Å². The average molecular weight is 263 g/mol. The van der Waals surface area contributed by atoms with E-state index in [0.29, 0.717) is 6.54 Å². The van der Waals surface area contributed by atoms with Crippen molar-refractivity contribution in [3.8, 4) is 5.75 Å². The highest BCUT2D eigenvalue weighted by molar-refractivity contribution is 5.81. The van der Waals surface area contributed by atoms with Crippen molar-refractivity contribution in [3.63, 3.8) is 0 Å². The van der Waals surface area contributed by atoms with Gasteiger partial charge in [0.05, 0.1) is 13.2 Å². The van der Waals surface area contributed by atoms with Gasteiger partial charge in [-0.25, -0.2) is 0 Å². The molecule has 1 heterocycles. The second kappa shape index (κ2) is 6.59. The molecule has 2 rings (SSSR count). The third-order valence-corrected chi connectivity index (χ3v) is 3.09. The third kappa shape index (κ3) is 3.28. The average Bonchev–Trinajstić information content (AvgIpc) is 2.84. The standard InChI is InChI=1S/C15H21NO3/c1-4-9-19-13-5-6-14-12(10-13)7-8-16(14)11-15(17-2)18-3/h5-8,10,15H,4,9,11H2,1-3H3. The monoisotopic (exact) mass is 263 g/mol. The Morgan fingerprint density at radius 2 is 1.95 bits per heavy atom. The van der Waals surface area contributed by atoms with Crippen LogP contribution in [0.15, 0.2) is 30.5 Å². The third-order valence-electron chi connectivity index (χ3n) is 3.09. The van der Waals surface area contributed by atoms with Crippen LogP contribution in [0.4, 0.5) is 0 Å². The molecule has 2 aromatic rings. The largest absolute Gasteiger partial charge is 0.494 e. The maximum Gasteiger partial charge on any atom is 0.174 e. The summed E-state index contributed by atoms with van der Waals surface area (Å²) in [7, 11) is 3.30. The molecule has 0 aliphatic rings. The van der Waals surface area contributed by atoms with E-state index in [1.165, 1.54) is 5.39 Å². The van der Waals surface area contributed by atoms with Crippen molar-refractivity contribution in [1.29, 1.82) is 0 Å². The van der Waals surface area contributed by atoms with Gasteiger partial charge in [0.25, 0.3) is 0 Å². The lowest BCUT2D eigenvalue weighted by atomic mass is 10.2. The van der Waals surface area contributed by atoms with E-state index in [0.717, 1.165) is 24.3 Å². The molecule has 0 aliphatic heterocycles. The zero-order valence-corrected chi connectivity index (χ0v) is 11.8. The van der Waals surface area contributed by atoms with E-state index < -0.39 is 0 Å². The van der Waals surface area contributed by atoms with Gasteiger partial charge in [0.2, 0.25) is 0 Å². The summed E-state index contributed by atoms with van der Waals surface area (Å²) in [5.41, 5.74) is 1.16. The van der Waals surface area contributed by atoms with E-state index in [2.05, 4.69) is 29.7 Å². The molecule has 1 aromatic carbocycles. The van der Waals surface area contributed by atoms with Gasteiger partial charge in [0.15, 0.2) is 6.29 Å². The van der Waals surface area contributed by atoms with Gasteiger partial charge >= 0.3 is 0 Å². The van der Waals surface area contributed by atoms with Gasteiger partial charge < -0.3 is 18.8 Å². The van der Waals surface area contributed by atoms with E-state index in [1.54, 1.807) is 14.2 Å². The Balaban J connectivity index is 2.19. The van der Waals surface area contributed by atoms with Crippen molar-refractivity contribution in [3.05, 3.63) is 30.5 Å². The van der Waals surface area contributed by atoms with E-state index in [1.807, 2.05) is 12.3 Å². The number of aromatic nitrogens is 1. The lowest BCUT2D eigenvalue weighted by Crippen LogP contribution is -2.19. The Morgan fingerprint density at radius 3 is 2.63 bits per heavy atom. The summed E-state index contributed by atoms with van der Waals surface area (Å²) in [5.74, 6) is 0.919. The molecule has 0 radical (unpaired) electrons. The molecule has 1 aromatic heterocycles. The summed E-state index contributed by atoms with van der Waals surface area (Å²) >= 11 is 0. The summed E-state index contributed by atoms with van der Waals surface area (Å²) < 4.78 is 18.2. The van der Waals surface area contributed by atoms with Gasteiger partial charge in [-0.3, -0.25) is 0 Å². The van der Waals surface area contributed by atoms with Crippen molar-refractivity contribution >= 4 is 10.9 Å². The minimum Gasteiger partial charge on any atom is -0.494 e. The van der Waals surface area contributed by atoms with Crippen LogP contribution in [0.3, 0.4) is 0 Å². The second-order valence-electron chi connectivity index (χ2n) is 4.44. The number of hydrogen-bond donors (Lipinski definition) is 0. The zero-order valence-electron chi connectivity index (χ0n) is 11.8. The number of fused-ring (bicyclic) bond motifs is 1. The van der Waals surface area contributed by atoms with Gasteiger partial charge in [-0.15, -0.1) is 0 Å². The molecular weight excluding hydrogens is 242 g/mol. The van der Waals surface area contributed by atoms with Gasteiger partial charge in [0.1, 0.15) is 5.75 Å². The predicted molar refractivity (Wildman–Crippen MR) is 75.5 cm³/mol. The van der Waals surface area contributed by atoms with Crippen molar-refractivity contribution < 1.29 is 14.2 Å². The second-order valence-corrected chi connectivity index (χ2v) is 4.44. The summed E-state index contributed by atoms with van der Waals surface area (Å²) in [4.78, 5) is 0. The van der Waals surface area contributed by atoms with Crippen molar-refractivity contribution in [2.75, 3.05) is 20.8 Å². The molecule has 0 aliphatic carbocycles. The normalized spacial score (nSPS) is 11.4. The quantitative estimate of drug-likeness (QED) is 0.720. The van der Waals surface area contributed by atoms with Crippen LogP contribution in [0, 0.1) is 0 Å².